The number of carbonyl (C=O) groups excluding carboxylic acids is 1. The smallest absolute Gasteiger partial charge is 0.221 e. The first kappa shape index (κ1) is 9.76. The Morgan fingerprint density at radius 2 is 2.33 bits per heavy atom. The van der Waals surface area contributed by atoms with E-state index in [1.807, 2.05) is 0 Å². The van der Waals surface area contributed by atoms with Crippen LogP contribution in [0.2, 0.25) is 0 Å². The number of nitrogens with zero attached hydrogens (tertiary/aromatic N) is 2. The summed E-state index contributed by atoms with van der Waals surface area (Å²) in [6, 6.07) is 0. The Labute approximate surface area is 83.7 Å². The Morgan fingerprint density at radius 3 is 2.75 bits per heavy atom. The van der Waals surface area contributed by atoms with Crippen LogP contribution in [0.5, 0.6) is 0 Å². The lowest BCUT2D eigenvalue weighted by Gasteiger charge is -1.91. The molecule has 0 saturated heterocycles. The first-order valence-corrected chi connectivity index (χ1v) is 5.08. The number of hydrogen-bond acceptors (Lipinski definition) is 6. The number of hydrogen-bond donors (Lipinski definition) is 1. The Hall–Kier alpha value is -0.330. The molecule has 0 aliphatic carbocycles. The topological polar surface area (TPSA) is 42.9 Å². The van der Waals surface area contributed by atoms with Crippen LogP contribution in [0.25, 0.3) is 0 Å². The van der Waals surface area contributed by atoms with Crippen LogP contribution in [0.3, 0.4) is 0 Å². The van der Waals surface area contributed by atoms with Gasteiger partial charge in [0, 0.05) is 0 Å². The van der Waals surface area contributed by atoms with E-state index in [4.69, 9.17) is 0 Å². The third-order valence-corrected chi connectivity index (χ3v) is 3.10. The molecule has 0 unspecified atom stereocenters. The Bertz CT molecular complexity index is 320. The van der Waals surface area contributed by atoms with Gasteiger partial charge in [0.25, 0.3) is 0 Å². The molecule has 6 heteroatoms. The molecular weight excluding hydrogens is 212 g/mol. The largest absolute Gasteiger partial charge is 0.282 e. The van der Waals surface area contributed by atoms with E-state index in [2.05, 4.69) is 29.4 Å². The Morgan fingerprint density at radius 1 is 1.67 bits per heavy atom. The highest BCUT2D eigenvalue weighted by atomic mass is 32.2. The summed E-state index contributed by atoms with van der Waals surface area (Å²) >= 11 is 6.28. The summed E-state index contributed by atoms with van der Waals surface area (Å²) in [5.41, 5.74) is 0.510. The van der Waals surface area contributed by atoms with Crippen LogP contribution in [0.1, 0.15) is 6.92 Å². The van der Waals surface area contributed by atoms with Crippen molar-refractivity contribution in [3.63, 3.8) is 0 Å². The van der Waals surface area contributed by atoms with Crippen molar-refractivity contribution < 1.29 is 4.79 Å². The summed E-state index contributed by atoms with van der Waals surface area (Å²) in [6.45, 7) is 5.19. The molecule has 1 aromatic heterocycles. The molecule has 64 valence electrons. The minimum Gasteiger partial charge on any atom is -0.282 e. The molecule has 0 bridgehead atoms. The molecule has 0 spiro atoms. The van der Waals surface area contributed by atoms with Crippen LogP contribution in [0, 0.1) is 0 Å². The molecule has 0 aromatic carbocycles. The van der Waals surface area contributed by atoms with Crippen molar-refractivity contribution in [1.82, 2.24) is 10.2 Å². The van der Waals surface area contributed by atoms with Gasteiger partial charge in [0.05, 0.1) is 0 Å². The summed E-state index contributed by atoms with van der Waals surface area (Å²) in [6.07, 6.45) is 0. The molecule has 0 radical (unpaired) electrons. The Kier molecular flexibility index (Phi) is 3.30. The quantitative estimate of drug-likeness (QED) is 0.468. The van der Waals surface area contributed by atoms with Crippen LogP contribution in [-0.2, 0) is 4.79 Å². The molecule has 0 atom stereocenters. The second-order valence-electron chi connectivity index (χ2n) is 2.02. The van der Waals surface area contributed by atoms with Crippen LogP contribution in [-0.4, -0.2) is 15.3 Å². The van der Waals surface area contributed by atoms with Crippen molar-refractivity contribution in [3.05, 3.63) is 12.2 Å². The number of carbonyl (C=O) groups is 1. The normalized spacial score (nSPS) is 9.83. The van der Waals surface area contributed by atoms with E-state index in [9.17, 15) is 4.79 Å². The maximum Gasteiger partial charge on any atom is 0.221 e. The monoisotopic (exact) mass is 218 g/mol. The van der Waals surface area contributed by atoms with Crippen LogP contribution < -0.4 is 0 Å². The van der Waals surface area contributed by atoms with E-state index in [0.717, 1.165) is 11.8 Å². The first-order chi connectivity index (χ1) is 5.59. The Balaban J connectivity index is 2.64. The summed E-state index contributed by atoms with van der Waals surface area (Å²) in [5.74, 6) is 0. The number of rotatable bonds is 2. The lowest BCUT2D eigenvalue weighted by Crippen LogP contribution is -1.90. The minimum atomic E-state index is -0.0838. The lowest BCUT2D eigenvalue weighted by molar-refractivity contribution is -0.107. The molecule has 0 saturated carbocycles. The van der Waals surface area contributed by atoms with Gasteiger partial charge in [-0.25, -0.2) is 0 Å². The summed E-state index contributed by atoms with van der Waals surface area (Å²) in [4.78, 5) is 11.1. The molecule has 0 fully saturated rings. The molecule has 3 nitrogen and oxygen atoms in total. The molecule has 1 rings (SSSR count). The summed E-state index contributed by atoms with van der Waals surface area (Å²) in [7, 11) is 0. The van der Waals surface area contributed by atoms with Crippen LogP contribution >= 0.6 is 35.7 Å². The van der Waals surface area contributed by atoms with E-state index in [-0.39, 0.29) is 5.12 Å². The van der Waals surface area contributed by atoms with Gasteiger partial charge in [-0.05, 0) is 24.3 Å². The highest BCUT2D eigenvalue weighted by Crippen LogP contribution is 2.26. The third kappa shape index (κ3) is 2.62. The van der Waals surface area contributed by atoms with Gasteiger partial charge in [0.2, 0.25) is 5.12 Å². The maximum absolute atomic E-state index is 11.1. The van der Waals surface area contributed by atoms with Gasteiger partial charge < -0.3 is 0 Å². The predicted molar refractivity (Wildman–Crippen MR) is 52.8 cm³/mol. The van der Waals surface area contributed by atoms with Crippen LogP contribution in [0.4, 0.5) is 0 Å². The van der Waals surface area contributed by atoms with Crippen molar-refractivity contribution in [2.45, 2.75) is 15.6 Å². The number of thiol groups is 1. The molecule has 1 heterocycles. The van der Waals surface area contributed by atoms with E-state index < -0.39 is 0 Å². The lowest BCUT2D eigenvalue weighted by atomic mass is 10.4. The molecular formula is C6H6N2OS3. The van der Waals surface area contributed by atoms with Crippen molar-refractivity contribution in [2.24, 2.45) is 0 Å². The van der Waals surface area contributed by atoms with E-state index in [0.29, 0.717) is 14.3 Å². The fraction of sp³-hybridized carbons (Fsp3) is 0.167. The fourth-order valence-electron chi connectivity index (χ4n) is 0.410. The van der Waals surface area contributed by atoms with Gasteiger partial charge in [-0.15, -0.1) is 22.8 Å². The minimum absolute atomic E-state index is 0.0838. The second-order valence-corrected chi connectivity index (χ2v) is 4.94. The van der Waals surface area contributed by atoms with Gasteiger partial charge in [0.1, 0.15) is 0 Å². The molecule has 0 aliphatic rings. The highest BCUT2D eigenvalue weighted by Gasteiger charge is 2.08. The zero-order chi connectivity index (χ0) is 9.14. The van der Waals surface area contributed by atoms with Gasteiger partial charge in [-0.2, -0.15) is 0 Å². The van der Waals surface area contributed by atoms with Gasteiger partial charge in [-0.3, -0.25) is 4.79 Å². The second kappa shape index (κ2) is 4.06. The van der Waals surface area contributed by atoms with Crippen molar-refractivity contribution in [2.75, 3.05) is 0 Å². The summed E-state index contributed by atoms with van der Waals surface area (Å²) in [5, 5.41) is 7.31. The van der Waals surface area contributed by atoms with Gasteiger partial charge in [-0.1, -0.05) is 17.9 Å². The van der Waals surface area contributed by atoms with Crippen LogP contribution in [0.15, 0.2) is 20.8 Å². The molecule has 0 amide bonds. The SMILES string of the molecule is C=C(C)C(=O)Sc1nnc(S)s1. The predicted octanol–water partition coefficient (Wildman–Crippen LogP) is 2.02. The van der Waals surface area contributed by atoms with Gasteiger partial charge >= 0.3 is 0 Å². The molecule has 0 N–H and O–H groups in total. The maximum atomic E-state index is 11.1. The van der Waals surface area contributed by atoms with E-state index >= 15 is 0 Å². The zero-order valence-electron chi connectivity index (χ0n) is 6.27. The molecule has 12 heavy (non-hydrogen) atoms. The highest BCUT2D eigenvalue weighted by molar-refractivity contribution is 8.15. The average molecular weight is 218 g/mol. The third-order valence-electron chi connectivity index (χ3n) is 0.924. The van der Waals surface area contributed by atoms with E-state index in [1.54, 1.807) is 6.92 Å². The number of thioether (sulfide) groups is 1. The standard InChI is InChI=1S/C6H6N2OS3/c1-3(2)4(9)11-6-8-7-5(10)12-6/h1H2,2H3,(H,7,10). The van der Waals surface area contributed by atoms with Gasteiger partial charge in [0.15, 0.2) is 8.68 Å². The van der Waals surface area contributed by atoms with E-state index in [1.165, 1.54) is 11.3 Å². The summed E-state index contributed by atoms with van der Waals surface area (Å²) < 4.78 is 1.17. The number of aromatic nitrogens is 2. The van der Waals surface area contributed by atoms with Crippen molar-refractivity contribution in [1.29, 1.82) is 0 Å². The fourth-order valence-corrected chi connectivity index (χ4v) is 2.26. The molecule has 1 aromatic rings. The van der Waals surface area contributed by atoms with Crippen molar-refractivity contribution >= 4 is 40.8 Å². The van der Waals surface area contributed by atoms with Crippen molar-refractivity contribution in [3.8, 4) is 0 Å². The molecule has 0 aliphatic heterocycles. The zero-order valence-corrected chi connectivity index (χ0v) is 8.80. The average Bonchev–Trinajstić information content (AvgIpc) is 2.35. The first-order valence-electron chi connectivity index (χ1n) is 2.99.